The smallest absolute Gasteiger partial charge is 0.393 e. The van der Waals surface area contributed by atoms with E-state index < -0.39 is 18.7 Å². The lowest BCUT2D eigenvalue weighted by atomic mass is 9.80. The highest BCUT2D eigenvalue weighted by Gasteiger charge is 2.38. The van der Waals surface area contributed by atoms with Crippen molar-refractivity contribution in [3.05, 3.63) is 22.7 Å². The van der Waals surface area contributed by atoms with Crippen molar-refractivity contribution in [2.45, 2.75) is 75.2 Å². The van der Waals surface area contributed by atoms with Gasteiger partial charge in [0, 0.05) is 30.0 Å². The van der Waals surface area contributed by atoms with Gasteiger partial charge in [-0.3, -0.25) is 0 Å². The number of alkyl halides is 3. The van der Waals surface area contributed by atoms with E-state index in [0.29, 0.717) is 52.3 Å². The minimum Gasteiger partial charge on any atom is -0.491 e. The molecule has 0 aromatic carbocycles. The van der Waals surface area contributed by atoms with Gasteiger partial charge in [0.05, 0.1) is 51.0 Å². The van der Waals surface area contributed by atoms with E-state index in [2.05, 4.69) is 25.5 Å². The van der Waals surface area contributed by atoms with Gasteiger partial charge in [-0.15, -0.1) is 16.4 Å². The molecule has 2 aliphatic carbocycles. The molecule has 0 radical (unpaired) electrons. The molecule has 3 heterocycles. The Bertz CT molecular complexity index is 1370. The molecule has 2 saturated carbocycles. The van der Waals surface area contributed by atoms with Crippen LogP contribution in [-0.2, 0) is 6.42 Å². The number of halogens is 3. The molecule has 3 aromatic rings. The van der Waals surface area contributed by atoms with Crippen LogP contribution in [0.3, 0.4) is 0 Å². The SMILES string of the molecule is COc1nc(N(C)[C@H]2C[C@@H](NC[C@H]3CC[C@H](c4cc(OC)c(OC)nn4)CC3)C[C@H]2O)c2cc(CC(F)(F)F)sc2n1. The zero-order chi connectivity index (χ0) is 30.0. The standard InChI is InChI=1S/C28H37F3N6O4S/c1-37(24-19-11-18(13-28(29,30)31)42-26(19)34-27(33-24)41-4)21-9-17(10-22(21)38)32-14-15-5-7-16(8-6-15)20-12-23(39-2)25(40-3)36-35-20/h11-12,15-17,21-22,32,38H,5-10,13-14H2,1-4H3/t15-,16-,17-,21+,22-/m1/s1. The van der Waals surface area contributed by atoms with E-state index in [9.17, 15) is 18.3 Å². The van der Waals surface area contributed by atoms with Crippen molar-refractivity contribution >= 4 is 27.4 Å². The highest BCUT2D eigenvalue weighted by molar-refractivity contribution is 7.18. The van der Waals surface area contributed by atoms with E-state index in [0.717, 1.165) is 49.3 Å². The predicted molar refractivity (Wildman–Crippen MR) is 153 cm³/mol. The first-order valence-electron chi connectivity index (χ1n) is 14.1. The molecule has 42 heavy (non-hydrogen) atoms. The van der Waals surface area contributed by atoms with Crippen molar-refractivity contribution < 1.29 is 32.5 Å². The number of rotatable bonds is 10. The topological polar surface area (TPSA) is 115 Å². The molecule has 2 fully saturated rings. The second-order valence-electron chi connectivity index (χ2n) is 11.1. The zero-order valence-electron chi connectivity index (χ0n) is 24.1. The van der Waals surface area contributed by atoms with Gasteiger partial charge in [-0.05, 0) is 57.1 Å². The fourth-order valence-corrected chi connectivity index (χ4v) is 7.22. The third-order valence-corrected chi connectivity index (χ3v) is 9.44. The summed E-state index contributed by atoms with van der Waals surface area (Å²) in [5.74, 6) is 2.28. The lowest BCUT2D eigenvalue weighted by Crippen LogP contribution is -2.39. The van der Waals surface area contributed by atoms with Crippen LogP contribution < -0.4 is 24.4 Å². The summed E-state index contributed by atoms with van der Waals surface area (Å²) in [5.41, 5.74) is 0.926. The third kappa shape index (κ3) is 6.81. The number of nitrogens with one attached hydrogen (secondary N) is 1. The number of aliphatic hydroxyl groups excluding tert-OH is 1. The van der Waals surface area contributed by atoms with Gasteiger partial charge in [-0.25, -0.2) is 0 Å². The first kappa shape index (κ1) is 30.5. The fourth-order valence-electron chi connectivity index (χ4n) is 6.18. The molecular formula is C28H37F3N6O4S. The van der Waals surface area contributed by atoms with E-state index in [1.165, 1.54) is 13.2 Å². The van der Waals surface area contributed by atoms with Crippen LogP contribution >= 0.6 is 11.3 Å². The molecule has 5 rings (SSSR count). The number of likely N-dealkylation sites (N-methyl/N-ethyl adjacent to an activating group) is 1. The van der Waals surface area contributed by atoms with Crippen LogP contribution in [0.1, 0.15) is 55.0 Å². The Morgan fingerprint density at radius 3 is 2.45 bits per heavy atom. The summed E-state index contributed by atoms with van der Waals surface area (Å²) in [6, 6.07) is 3.36. The molecule has 2 N–H and O–H groups in total. The monoisotopic (exact) mass is 610 g/mol. The Hall–Kier alpha value is -2.97. The Labute approximate surface area is 246 Å². The molecule has 0 aliphatic heterocycles. The molecule has 0 bridgehead atoms. The van der Waals surface area contributed by atoms with Gasteiger partial charge in [-0.2, -0.15) is 28.2 Å². The first-order valence-corrected chi connectivity index (χ1v) is 14.9. The van der Waals surface area contributed by atoms with E-state index in [1.54, 1.807) is 14.2 Å². The van der Waals surface area contributed by atoms with Gasteiger partial charge in [0.2, 0.25) is 0 Å². The van der Waals surface area contributed by atoms with Crippen LogP contribution in [0.25, 0.3) is 10.2 Å². The van der Waals surface area contributed by atoms with Crippen molar-refractivity contribution in [3.63, 3.8) is 0 Å². The highest BCUT2D eigenvalue weighted by Crippen LogP contribution is 2.39. The number of hydrogen-bond donors (Lipinski definition) is 2. The largest absolute Gasteiger partial charge is 0.491 e. The molecule has 3 aromatic heterocycles. The maximum Gasteiger partial charge on any atom is 0.393 e. The van der Waals surface area contributed by atoms with Crippen molar-refractivity contribution in [1.82, 2.24) is 25.5 Å². The van der Waals surface area contributed by atoms with Crippen LogP contribution in [0.4, 0.5) is 19.0 Å². The quantitative estimate of drug-likeness (QED) is 0.340. The van der Waals surface area contributed by atoms with Gasteiger partial charge in [0.1, 0.15) is 10.6 Å². The molecule has 14 heteroatoms. The van der Waals surface area contributed by atoms with Crippen LogP contribution in [-0.4, -0.2) is 84.6 Å². The predicted octanol–water partition coefficient (Wildman–Crippen LogP) is 4.50. The summed E-state index contributed by atoms with van der Waals surface area (Å²) in [4.78, 5) is 11.2. The number of aromatic nitrogens is 4. The number of fused-ring (bicyclic) bond motifs is 1. The van der Waals surface area contributed by atoms with E-state index in [1.807, 2.05) is 18.0 Å². The summed E-state index contributed by atoms with van der Waals surface area (Å²) < 4.78 is 55.0. The van der Waals surface area contributed by atoms with Crippen molar-refractivity contribution in [3.8, 4) is 17.6 Å². The van der Waals surface area contributed by atoms with Gasteiger partial charge in [0.25, 0.3) is 5.88 Å². The molecule has 0 saturated heterocycles. The molecule has 3 atom stereocenters. The Morgan fingerprint density at radius 2 is 1.79 bits per heavy atom. The number of thiophene rings is 1. The number of methoxy groups -OCH3 is 3. The second-order valence-corrected chi connectivity index (χ2v) is 12.3. The third-order valence-electron chi connectivity index (χ3n) is 8.41. The Morgan fingerprint density at radius 1 is 1.02 bits per heavy atom. The molecule has 10 nitrogen and oxygen atoms in total. The molecule has 230 valence electrons. The second kappa shape index (κ2) is 12.7. The van der Waals surface area contributed by atoms with Crippen LogP contribution in [0.2, 0.25) is 0 Å². The van der Waals surface area contributed by atoms with Gasteiger partial charge >= 0.3 is 12.2 Å². The maximum atomic E-state index is 13.1. The van der Waals surface area contributed by atoms with Crippen molar-refractivity contribution in [2.75, 3.05) is 39.8 Å². The Balaban J connectivity index is 1.18. The van der Waals surface area contributed by atoms with Gasteiger partial charge in [-0.1, -0.05) is 0 Å². The highest BCUT2D eigenvalue weighted by atomic mass is 32.1. The minimum atomic E-state index is -4.32. The van der Waals surface area contributed by atoms with Crippen LogP contribution in [0.5, 0.6) is 17.6 Å². The zero-order valence-corrected chi connectivity index (χ0v) is 25.0. The lowest BCUT2D eigenvalue weighted by Gasteiger charge is -2.30. The molecular weight excluding hydrogens is 573 g/mol. The van der Waals surface area contributed by atoms with Gasteiger partial charge in [0.15, 0.2) is 5.75 Å². The maximum absolute atomic E-state index is 13.1. The number of anilines is 1. The number of aliphatic hydroxyl groups is 1. The summed E-state index contributed by atoms with van der Waals surface area (Å²) in [6.07, 6.45) is -0.553. The fraction of sp³-hybridized carbons (Fsp3) is 0.643. The van der Waals surface area contributed by atoms with E-state index >= 15 is 0 Å². The van der Waals surface area contributed by atoms with Gasteiger partial charge < -0.3 is 29.5 Å². The van der Waals surface area contributed by atoms with E-state index in [-0.39, 0.29) is 23.0 Å². The summed E-state index contributed by atoms with van der Waals surface area (Å²) in [6.45, 7) is 0.856. The average molecular weight is 611 g/mol. The van der Waals surface area contributed by atoms with Crippen molar-refractivity contribution in [1.29, 1.82) is 0 Å². The summed E-state index contributed by atoms with van der Waals surface area (Å²) >= 11 is 0.983. The van der Waals surface area contributed by atoms with Crippen LogP contribution in [0, 0.1) is 5.92 Å². The van der Waals surface area contributed by atoms with Crippen molar-refractivity contribution in [2.24, 2.45) is 5.92 Å². The molecule has 2 aliphatic rings. The minimum absolute atomic E-state index is 0.0848. The average Bonchev–Trinajstić information content (AvgIpc) is 3.55. The summed E-state index contributed by atoms with van der Waals surface area (Å²) in [5, 5.41) is 23.7. The molecule has 0 spiro atoms. The molecule has 0 unspecified atom stereocenters. The Kier molecular flexibility index (Phi) is 9.23. The normalized spacial score (nSPS) is 24.6. The number of hydrogen-bond acceptors (Lipinski definition) is 11. The van der Waals surface area contributed by atoms with Crippen LogP contribution in [0.15, 0.2) is 12.1 Å². The first-order chi connectivity index (χ1) is 20.1. The lowest BCUT2D eigenvalue weighted by molar-refractivity contribution is -0.126. The van der Waals surface area contributed by atoms with E-state index in [4.69, 9.17) is 14.2 Å². The summed E-state index contributed by atoms with van der Waals surface area (Å²) in [7, 11) is 6.38. The number of nitrogens with zero attached hydrogens (tertiary/aromatic N) is 5. The molecule has 0 amide bonds. The number of ether oxygens (including phenoxy) is 3.